The maximum atomic E-state index is 13.3. The Bertz CT molecular complexity index is 3050. The zero-order valence-electron chi connectivity index (χ0n) is 40.7. The summed E-state index contributed by atoms with van der Waals surface area (Å²) in [5, 5.41) is 5.87. The number of fused-ring (bicyclic) bond motifs is 8. The SMILES string of the molecule is Cc1cc(-c2ccc3c(n2)N(C(=O)Nc2cnccn2)[C@H]2CCN3C2)cc(C(F)(F)F)n1.Cc1cc(C2OC(C)(C)C(C)(C)O2)cc(C(F)(F)F)n1.O=C(Nc1cnccn1)N1c2nc(Cl)ccc2N2CC[C@H]1C2. The minimum Gasteiger partial charge on any atom is -0.366 e. The molecule has 18 nitrogen and oxygen atoms in total. The quantitative estimate of drug-likeness (QED) is 0.125. The molecule has 25 heteroatoms. The van der Waals surface area contributed by atoms with Crippen LogP contribution in [0.15, 0.2) is 85.7 Å². The van der Waals surface area contributed by atoms with Crippen LogP contribution in [0.2, 0.25) is 5.15 Å². The van der Waals surface area contributed by atoms with Crippen LogP contribution < -0.4 is 30.2 Å². The molecule has 3 saturated heterocycles. The Hall–Kier alpha value is -7.31. The third kappa shape index (κ3) is 10.8. The van der Waals surface area contributed by atoms with Gasteiger partial charge >= 0.3 is 24.4 Å². The summed E-state index contributed by atoms with van der Waals surface area (Å²) in [4.78, 5) is 65.5. The van der Waals surface area contributed by atoms with Crippen molar-refractivity contribution in [3.63, 3.8) is 0 Å². The predicted octanol–water partition coefficient (Wildman–Crippen LogP) is 10.1. The van der Waals surface area contributed by atoms with E-state index in [9.17, 15) is 35.9 Å². The Morgan fingerprint density at radius 1 is 0.649 bits per heavy atom. The maximum absolute atomic E-state index is 13.3. The lowest BCUT2D eigenvalue weighted by atomic mass is 9.90. The minimum absolute atomic E-state index is 0.0927. The predicted molar refractivity (Wildman–Crippen MR) is 262 cm³/mol. The van der Waals surface area contributed by atoms with Crippen molar-refractivity contribution in [3.8, 4) is 11.3 Å². The van der Waals surface area contributed by atoms with Gasteiger partial charge in [-0.1, -0.05) is 11.6 Å². The second kappa shape index (κ2) is 19.8. The molecular formula is C49H49ClF6N14O4. The Balaban J connectivity index is 0.000000142. The van der Waals surface area contributed by atoms with Gasteiger partial charge in [-0.25, -0.2) is 39.5 Å². The molecule has 5 aliphatic rings. The second-order valence-electron chi connectivity index (χ2n) is 19.0. The fraction of sp³-hybridized carbons (Fsp3) is 0.388. The van der Waals surface area contributed by atoms with Crippen molar-refractivity contribution >= 4 is 58.3 Å². The van der Waals surface area contributed by atoms with Crippen molar-refractivity contribution in [2.75, 3.05) is 56.4 Å². The van der Waals surface area contributed by atoms with Gasteiger partial charge in [0, 0.05) is 73.5 Å². The number of halogens is 7. The summed E-state index contributed by atoms with van der Waals surface area (Å²) < 4.78 is 89.7. The van der Waals surface area contributed by atoms with E-state index in [-0.39, 0.29) is 35.1 Å². The summed E-state index contributed by atoms with van der Waals surface area (Å²) in [7, 11) is 0. The van der Waals surface area contributed by atoms with Crippen LogP contribution in [0.3, 0.4) is 0 Å². The number of aryl methyl sites for hydroxylation is 2. The van der Waals surface area contributed by atoms with E-state index >= 15 is 0 Å². The number of rotatable bonds is 4. The number of ether oxygens (including phenoxy) is 2. The first-order chi connectivity index (χ1) is 34.9. The van der Waals surface area contributed by atoms with Gasteiger partial charge in [0.2, 0.25) is 0 Å². The number of nitrogens with zero attached hydrogens (tertiary/aromatic N) is 12. The number of pyridine rings is 4. The molecule has 0 spiro atoms. The highest BCUT2D eigenvalue weighted by molar-refractivity contribution is 6.29. The summed E-state index contributed by atoms with van der Waals surface area (Å²) in [5.41, 5.74) is 0.0830. The second-order valence-corrected chi connectivity index (χ2v) is 19.4. The van der Waals surface area contributed by atoms with Gasteiger partial charge in [-0.3, -0.25) is 30.4 Å². The Morgan fingerprint density at radius 3 is 1.64 bits per heavy atom. The number of hydrogen-bond acceptors (Lipinski definition) is 14. The van der Waals surface area contributed by atoms with E-state index in [1.165, 1.54) is 44.8 Å². The molecule has 2 atom stereocenters. The molecule has 0 aliphatic carbocycles. The molecule has 6 aromatic rings. The normalized spacial score (nSPS) is 19.1. The van der Waals surface area contributed by atoms with Gasteiger partial charge in [-0.2, -0.15) is 26.3 Å². The number of nitrogens with one attached hydrogen (secondary N) is 2. The van der Waals surface area contributed by atoms with Crippen molar-refractivity contribution in [3.05, 3.63) is 119 Å². The summed E-state index contributed by atoms with van der Waals surface area (Å²) in [6.45, 7) is 13.6. The van der Waals surface area contributed by atoms with E-state index in [1.807, 2.05) is 33.8 Å². The van der Waals surface area contributed by atoms with Crippen LogP contribution in [-0.4, -0.2) is 101 Å². The molecule has 11 rings (SSSR count). The summed E-state index contributed by atoms with van der Waals surface area (Å²) in [5.74, 6) is 1.72. The van der Waals surface area contributed by atoms with Gasteiger partial charge in [0.15, 0.2) is 29.6 Å². The van der Waals surface area contributed by atoms with Crippen LogP contribution >= 0.6 is 11.6 Å². The van der Waals surface area contributed by atoms with E-state index in [0.717, 1.165) is 56.0 Å². The third-order valence-electron chi connectivity index (χ3n) is 13.2. The Labute approximate surface area is 425 Å². The van der Waals surface area contributed by atoms with Crippen LogP contribution in [0.4, 0.5) is 70.6 Å². The number of alkyl halides is 6. The van der Waals surface area contributed by atoms with Gasteiger partial charge in [-0.05, 0) is 103 Å². The Morgan fingerprint density at radius 2 is 1.14 bits per heavy atom. The lowest BCUT2D eigenvalue weighted by molar-refractivity contribution is -0.142. The van der Waals surface area contributed by atoms with Crippen molar-refractivity contribution in [2.45, 2.75) is 96.3 Å². The first-order valence-corrected chi connectivity index (χ1v) is 23.7. The average Bonchev–Trinajstić information content (AvgIpc) is 4.02. The van der Waals surface area contributed by atoms with Crippen molar-refractivity contribution in [2.24, 2.45) is 0 Å². The van der Waals surface area contributed by atoms with Crippen molar-refractivity contribution in [1.82, 2.24) is 39.9 Å². The fourth-order valence-corrected chi connectivity index (χ4v) is 9.21. The molecule has 388 valence electrons. The van der Waals surface area contributed by atoms with E-state index in [2.05, 4.69) is 60.3 Å². The molecule has 74 heavy (non-hydrogen) atoms. The van der Waals surface area contributed by atoms with Gasteiger partial charge in [0.25, 0.3) is 0 Å². The molecule has 11 heterocycles. The van der Waals surface area contributed by atoms with Crippen LogP contribution in [-0.2, 0) is 21.8 Å². The van der Waals surface area contributed by atoms with Gasteiger partial charge in [-0.15, -0.1) is 0 Å². The number of carbonyl (C=O) groups excluding carboxylic acids is 2. The molecule has 0 saturated carbocycles. The highest BCUT2D eigenvalue weighted by Gasteiger charge is 2.50. The molecule has 6 aromatic heterocycles. The van der Waals surface area contributed by atoms with Crippen LogP contribution in [0.1, 0.15) is 75.2 Å². The first-order valence-electron chi connectivity index (χ1n) is 23.3. The average molecular weight is 1050 g/mol. The van der Waals surface area contributed by atoms with Gasteiger partial charge in [0.05, 0.1) is 52.7 Å². The highest BCUT2D eigenvalue weighted by Crippen LogP contribution is 2.46. The zero-order chi connectivity index (χ0) is 52.9. The zero-order valence-corrected chi connectivity index (χ0v) is 41.5. The van der Waals surface area contributed by atoms with E-state index in [4.69, 9.17) is 21.1 Å². The molecule has 4 amide bonds. The molecule has 0 aromatic carbocycles. The standard InChI is InChI=1S/C21H18F3N7O.C14H13ClN6O.C14H18F3NO2/c1-12-8-13(9-17(27-12)21(22,23)24)15-2-3-16-19(28-15)31(14-4-7-30(16)11-14)20(32)29-18-10-25-5-6-26-18;15-11-2-1-10-13(18-11)21(9-3-6-20(10)8-9)14(22)19-12-7-16-4-5-17-12;1-8-6-9(7-10(18-8)14(15,16)17)11-19-12(2,3)13(4,5)20-11/h2-3,5-6,8-10,14H,4,7,11H2,1H3,(H,26,29,32);1-2,4-5,7,9H,3,6,8H2,(H,17,19,22);6-7,11H,1-5H3/t14-;9-;/m00./s1. The van der Waals surface area contributed by atoms with Crippen molar-refractivity contribution < 1.29 is 45.4 Å². The first kappa shape index (κ1) is 51.6. The minimum atomic E-state index is -4.57. The number of carbonyl (C=O) groups is 2. The number of urea groups is 2. The van der Waals surface area contributed by atoms with Gasteiger partial charge < -0.3 is 19.3 Å². The summed E-state index contributed by atoms with van der Waals surface area (Å²) in [6.07, 6.45) is 0.802. The summed E-state index contributed by atoms with van der Waals surface area (Å²) >= 11 is 6.01. The molecule has 2 N–H and O–H groups in total. The number of amides is 4. The van der Waals surface area contributed by atoms with Crippen LogP contribution in [0, 0.1) is 13.8 Å². The molecule has 0 radical (unpaired) electrons. The third-order valence-corrected chi connectivity index (χ3v) is 13.4. The van der Waals surface area contributed by atoms with Crippen LogP contribution in [0.25, 0.3) is 11.3 Å². The highest BCUT2D eigenvalue weighted by atomic mass is 35.5. The topological polar surface area (TPSA) is 193 Å². The van der Waals surface area contributed by atoms with E-state index in [0.29, 0.717) is 46.2 Å². The van der Waals surface area contributed by atoms with Crippen molar-refractivity contribution in [1.29, 1.82) is 0 Å². The monoisotopic (exact) mass is 1050 g/mol. The molecule has 4 bridgehead atoms. The lowest BCUT2D eigenvalue weighted by Gasteiger charge is -2.35. The molecule has 5 aliphatic heterocycles. The largest absolute Gasteiger partial charge is 0.433 e. The Kier molecular flexibility index (Phi) is 13.8. The smallest absolute Gasteiger partial charge is 0.366 e. The molecular weight excluding hydrogens is 998 g/mol. The number of hydrogen-bond donors (Lipinski definition) is 2. The summed E-state index contributed by atoms with van der Waals surface area (Å²) in [6, 6.07) is 11.5. The van der Waals surface area contributed by atoms with Gasteiger partial charge in [0.1, 0.15) is 16.5 Å². The lowest BCUT2D eigenvalue weighted by Crippen LogP contribution is -2.48. The van der Waals surface area contributed by atoms with E-state index in [1.54, 1.807) is 46.3 Å². The van der Waals surface area contributed by atoms with E-state index < -0.39 is 47.3 Å². The molecule has 3 fully saturated rings. The van der Waals surface area contributed by atoms with Crippen LogP contribution in [0.5, 0.6) is 0 Å². The number of aromatic nitrogens is 8. The maximum Gasteiger partial charge on any atom is 0.433 e. The molecule has 0 unspecified atom stereocenters. The fourth-order valence-electron chi connectivity index (χ4n) is 9.06. The number of anilines is 6.